The highest BCUT2D eigenvalue weighted by molar-refractivity contribution is 5.85. The summed E-state index contributed by atoms with van der Waals surface area (Å²) in [5.74, 6) is -0.103. The molecule has 0 aromatic heterocycles. The van der Waals surface area contributed by atoms with Crippen molar-refractivity contribution in [3.63, 3.8) is 0 Å². The standard InChI is InChI=1S/C16H23F3N2O.ClH/c1-15(2,3)14(21-10-8-20-9-11-21)12-6-4-5-7-13(12)22-16(17,18)19;/h4-7,14,20H,8-11H2,1-3H3;1H/t14-;/m1./s1. The number of hydrogen-bond donors (Lipinski definition) is 1. The van der Waals surface area contributed by atoms with E-state index in [9.17, 15) is 13.2 Å². The summed E-state index contributed by atoms with van der Waals surface area (Å²) in [6, 6.07) is 6.33. The lowest BCUT2D eigenvalue weighted by molar-refractivity contribution is -0.275. The Morgan fingerprint density at radius 1 is 1.09 bits per heavy atom. The van der Waals surface area contributed by atoms with Crippen LogP contribution in [0.5, 0.6) is 5.75 Å². The van der Waals surface area contributed by atoms with E-state index in [0.29, 0.717) is 5.56 Å². The van der Waals surface area contributed by atoms with E-state index in [4.69, 9.17) is 0 Å². The van der Waals surface area contributed by atoms with Crippen molar-refractivity contribution in [2.75, 3.05) is 26.2 Å². The minimum absolute atomic E-state index is 0. The number of piperazine rings is 1. The van der Waals surface area contributed by atoms with Crippen molar-refractivity contribution in [2.24, 2.45) is 5.41 Å². The SMILES string of the molecule is CC(C)(C)[C@@H](c1ccccc1OC(F)(F)F)N1CCNCC1.Cl. The fraction of sp³-hybridized carbons (Fsp3) is 0.625. The van der Waals surface area contributed by atoms with Gasteiger partial charge in [-0.05, 0) is 11.5 Å². The number of rotatable bonds is 3. The summed E-state index contributed by atoms with van der Waals surface area (Å²) in [6.07, 6.45) is -4.68. The van der Waals surface area contributed by atoms with Crippen LogP contribution in [-0.2, 0) is 0 Å². The molecule has 0 unspecified atom stereocenters. The molecule has 0 spiro atoms. The van der Waals surface area contributed by atoms with E-state index < -0.39 is 6.36 Å². The van der Waals surface area contributed by atoms with Crippen molar-refractivity contribution >= 4 is 12.4 Å². The number of nitrogens with one attached hydrogen (secondary N) is 1. The van der Waals surface area contributed by atoms with E-state index in [1.807, 2.05) is 20.8 Å². The lowest BCUT2D eigenvalue weighted by Gasteiger charge is -2.43. The van der Waals surface area contributed by atoms with Gasteiger partial charge in [-0.15, -0.1) is 25.6 Å². The Kier molecular flexibility index (Phi) is 6.74. The van der Waals surface area contributed by atoms with Crippen LogP contribution in [0.2, 0.25) is 0 Å². The molecule has 1 aliphatic heterocycles. The van der Waals surface area contributed by atoms with Gasteiger partial charge in [0, 0.05) is 37.8 Å². The average molecular weight is 353 g/mol. The molecule has 132 valence electrons. The van der Waals surface area contributed by atoms with Crippen molar-refractivity contribution in [3.8, 4) is 5.75 Å². The zero-order valence-corrected chi connectivity index (χ0v) is 14.4. The normalized spacial score (nSPS) is 18.2. The van der Waals surface area contributed by atoms with Crippen molar-refractivity contribution in [3.05, 3.63) is 29.8 Å². The summed E-state index contributed by atoms with van der Waals surface area (Å²) < 4.78 is 42.3. The molecule has 1 aromatic carbocycles. The largest absolute Gasteiger partial charge is 0.573 e. The van der Waals surface area contributed by atoms with Crippen LogP contribution in [0.25, 0.3) is 0 Å². The number of halogens is 4. The summed E-state index contributed by atoms with van der Waals surface area (Å²) in [6.45, 7) is 9.44. The summed E-state index contributed by atoms with van der Waals surface area (Å²) in [7, 11) is 0. The molecule has 0 amide bonds. The highest BCUT2D eigenvalue weighted by Gasteiger charge is 2.37. The molecular formula is C16H24ClF3N2O. The third-order valence-corrected chi connectivity index (χ3v) is 3.78. The minimum Gasteiger partial charge on any atom is -0.405 e. The molecule has 1 heterocycles. The Balaban J connectivity index is 0.00000264. The molecule has 1 aromatic rings. The molecule has 1 aliphatic rings. The number of benzene rings is 1. The van der Waals surface area contributed by atoms with Crippen LogP contribution in [0.4, 0.5) is 13.2 Å². The quantitative estimate of drug-likeness (QED) is 0.890. The first kappa shape index (κ1) is 20.1. The van der Waals surface area contributed by atoms with Crippen LogP contribution in [0.1, 0.15) is 32.4 Å². The van der Waals surface area contributed by atoms with Crippen LogP contribution in [0, 0.1) is 5.41 Å². The monoisotopic (exact) mass is 352 g/mol. The molecule has 1 N–H and O–H groups in total. The molecule has 0 bridgehead atoms. The topological polar surface area (TPSA) is 24.5 Å². The molecule has 7 heteroatoms. The van der Waals surface area contributed by atoms with Crippen molar-refractivity contribution in [1.29, 1.82) is 0 Å². The Morgan fingerprint density at radius 3 is 2.17 bits per heavy atom. The molecule has 0 saturated carbocycles. The average Bonchev–Trinajstić information content (AvgIpc) is 2.39. The van der Waals surface area contributed by atoms with Crippen molar-refractivity contribution in [1.82, 2.24) is 10.2 Å². The van der Waals surface area contributed by atoms with Gasteiger partial charge in [0.05, 0.1) is 0 Å². The van der Waals surface area contributed by atoms with Gasteiger partial charge in [-0.25, -0.2) is 0 Å². The first-order valence-corrected chi connectivity index (χ1v) is 7.48. The number of para-hydroxylation sites is 1. The second-order valence-electron chi connectivity index (χ2n) is 6.64. The molecule has 1 atom stereocenters. The summed E-state index contributed by atoms with van der Waals surface area (Å²) in [4.78, 5) is 2.23. The van der Waals surface area contributed by atoms with Gasteiger partial charge in [-0.1, -0.05) is 39.0 Å². The fourth-order valence-corrected chi connectivity index (χ4v) is 3.08. The van der Waals surface area contributed by atoms with E-state index >= 15 is 0 Å². The van der Waals surface area contributed by atoms with E-state index in [1.165, 1.54) is 6.07 Å². The van der Waals surface area contributed by atoms with Crippen molar-refractivity contribution < 1.29 is 17.9 Å². The van der Waals surface area contributed by atoms with Gasteiger partial charge in [0.25, 0.3) is 0 Å². The first-order chi connectivity index (χ1) is 10.2. The van der Waals surface area contributed by atoms with Crippen LogP contribution in [-0.4, -0.2) is 37.4 Å². The second kappa shape index (κ2) is 7.73. The molecule has 1 saturated heterocycles. The maximum atomic E-state index is 12.7. The van der Waals surface area contributed by atoms with E-state index in [0.717, 1.165) is 26.2 Å². The van der Waals surface area contributed by atoms with E-state index in [-0.39, 0.29) is 29.6 Å². The number of hydrogen-bond acceptors (Lipinski definition) is 3. The molecular weight excluding hydrogens is 329 g/mol. The smallest absolute Gasteiger partial charge is 0.405 e. The molecule has 1 fully saturated rings. The van der Waals surface area contributed by atoms with Crippen LogP contribution >= 0.6 is 12.4 Å². The van der Waals surface area contributed by atoms with E-state index in [2.05, 4.69) is 15.0 Å². The van der Waals surface area contributed by atoms with Gasteiger partial charge in [-0.2, -0.15) is 0 Å². The van der Waals surface area contributed by atoms with Gasteiger partial charge >= 0.3 is 6.36 Å². The number of alkyl halides is 3. The molecule has 0 aliphatic carbocycles. The van der Waals surface area contributed by atoms with Crippen LogP contribution < -0.4 is 10.1 Å². The second-order valence-corrected chi connectivity index (χ2v) is 6.64. The van der Waals surface area contributed by atoms with Gasteiger partial charge in [0.1, 0.15) is 5.75 Å². The number of ether oxygens (including phenoxy) is 1. The third-order valence-electron chi connectivity index (χ3n) is 3.78. The van der Waals surface area contributed by atoms with E-state index in [1.54, 1.807) is 18.2 Å². The van der Waals surface area contributed by atoms with Crippen molar-refractivity contribution in [2.45, 2.75) is 33.2 Å². The number of nitrogens with zero attached hydrogens (tertiary/aromatic N) is 1. The zero-order chi connectivity index (χ0) is 16.4. The Morgan fingerprint density at radius 2 is 1.65 bits per heavy atom. The lowest BCUT2D eigenvalue weighted by Crippen LogP contribution is -2.48. The summed E-state index contributed by atoms with van der Waals surface area (Å²) in [5.41, 5.74) is 0.386. The maximum absolute atomic E-state index is 12.7. The molecule has 23 heavy (non-hydrogen) atoms. The Labute approximate surface area is 141 Å². The summed E-state index contributed by atoms with van der Waals surface area (Å²) in [5, 5.41) is 3.27. The minimum atomic E-state index is -4.68. The van der Waals surface area contributed by atoms with Gasteiger partial charge in [0.15, 0.2) is 0 Å². The Hall–Kier alpha value is -0.980. The lowest BCUT2D eigenvalue weighted by atomic mass is 9.80. The van der Waals surface area contributed by atoms with Gasteiger partial charge in [0.2, 0.25) is 0 Å². The fourth-order valence-electron chi connectivity index (χ4n) is 3.08. The molecule has 3 nitrogen and oxygen atoms in total. The predicted octanol–water partition coefficient (Wildman–Crippen LogP) is 4.00. The van der Waals surface area contributed by atoms with Gasteiger partial charge in [-0.3, -0.25) is 4.90 Å². The zero-order valence-electron chi connectivity index (χ0n) is 13.6. The van der Waals surface area contributed by atoms with Crippen LogP contribution in [0.3, 0.4) is 0 Å². The van der Waals surface area contributed by atoms with Gasteiger partial charge < -0.3 is 10.1 Å². The molecule has 2 rings (SSSR count). The van der Waals surface area contributed by atoms with Crippen LogP contribution in [0.15, 0.2) is 24.3 Å². The Bertz CT molecular complexity index is 497. The highest BCUT2D eigenvalue weighted by Crippen LogP contribution is 2.42. The molecule has 0 radical (unpaired) electrons. The maximum Gasteiger partial charge on any atom is 0.573 e. The third kappa shape index (κ3) is 5.55. The highest BCUT2D eigenvalue weighted by atomic mass is 35.5. The summed E-state index contributed by atoms with van der Waals surface area (Å²) >= 11 is 0. The first-order valence-electron chi connectivity index (χ1n) is 7.48. The predicted molar refractivity (Wildman–Crippen MR) is 87.0 cm³/mol.